The number of ether oxygens (including phenoxy) is 2. The second kappa shape index (κ2) is 12.1. The Hall–Kier alpha value is -4.02. The predicted octanol–water partition coefficient (Wildman–Crippen LogP) is 4.28. The van der Waals surface area contributed by atoms with E-state index in [1.807, 2.05) is 30.3 Å². The molecule has 3 aromatic carbocycles. The van der Waals surface area contributed by atoms with Gasteiger partial charge in [0.15, 0.2) is 0 Å². The molecule has 0 fully saturated rings. The first-order valence-electron chi connectivity index (χ1n) is 10.7. The Balaban J connectivity index is 0.000000170. The van der Waals surface area contributed by atoms with Crippen molar-refractivity contribution in [3.63, 3.8) is 0 Å². The number of esters is 2. The molecule has 36 heavy (non-hydrogen) atoms. The van der Waals surface area contributed by atoms with Crippen LogP contribution >= 0.6 is 23.2 Å². The molecule has 5 aromatic rings. The smallest absolute Gasteiger partial charge is 0.338 e. The van der Waals surface area contributed by atoms with Crippen LogP contribution in [0.2, 0.25) is 0 Å². The number of fused-ring (bicyclic) bond motifs is 2. The van der Waals surface area contributed by atoms with Gasteiger partial charge in [-0.15, -0.1) is 23.2 Å². The first kappa shape index (κ1) is 25.1. The van der Waals surface area contributed by atoms with Crippen molar-refractivity contribution in [3.8, 4) is 0 Å². The predicted molar refractivity (Wildman–Crippen MR) is 134 cm³/mol. The van der Waals surface area contributed by atoms with Gasteiger partial charge in [0.2, 0.25) is 0 Å². The topological polar surface area (TPSA) is 136 Å². The normalized spacial score (nSPS) is 11.5. The Kier molecular flexibility index (Phi) is 8.43. The molecule has 1 unspecified atom stereocenters. The third-order valence-corrected chi connectivity index (χ3v) is 5.69. The third-order valence-electron chi connectivity index (χ3n) is 4.88. The van der Waals surface area contributed by atoms with Crippen molar-refractivity contribution in [2.24, 2.45) is 0 Å². The monoisotopic (exact) mass is 526 g/mol. The van der Waals surface area contributed by atoms with Gasteiger partial charge in [-0.1, -0.05) is 30.3 Å². The van der Waals surface area contributed by atoms with Crippen LogP contribution in [0.3, 0.4) is 0 Å². The van der Waals surface area contributed by atoms with Crippen LogP contribution in [0.4, 0.5) is 0 Å². The highest BCUT2D eigenvalue weighted by Gasteiger charge is 2.12. The zero-order chi connectivity index (χ0) is 25.3. The number of carbonyl (C=O) groups is 2. The quantitative estimate of drug-likeness (QED) is 0.237. The van der Waals surface area contributed by atoms with E-state index in [4.69, 9.17) is 32.7 Å². The van der Waals surface area contributed by atoms with Gasteiger partial charge in [0.05, 0.1) is 16.5 Å². The lowest BCUT2D eigenvalue weighted by atomic mass is 10.2. The van der Waals surface area contributed by atoms with Crippen LogP contribution in [0, 0.1) is 0 Å². The lowest BCUT2D eigenvalue weighted by molar-refractivity contribution is 0.0471. The maximum atomic E-state index is 11.9. The van der Waals surface area contributed by atoms with E-state index < -0.39 is 5.97 Å². The number of aromatic nitrogens is 6. The summed E-state index contributed by atoms with van der Waals surface area (Å²) >= 11 is 11.2. The summed E-state index contributed by atoms with van der Waals surface area (Å²) in [6.07, 6.45) is 0. The molecule has 10 nitrogen and oxygen atoms in total. The van der Waals surface area contributed by atoms with Crippen LogP contribution < -0.4 is 0 Å². The maximum absolute atomic E-state index is 11.9. The van der Waals surface area contributed by atoms with E-state index in [1.165, 1.54) is 0 Å². The van der Waals surface area contributed by atoms with Crippen LogP contribution in [0.25, 0.3) is 22.1 Å². The minimum atomic E-state index is -0.453. The van der Waals surface area contributed by atoms with Gasteiger partial charge in [-0.25, -0.2) is 9.59 Å². The molecule has 0 aliphatic heterocycles. The van der Waals surface area contributed by atoms with Crippen LogP contribution in [0.1, 0.15) is 26.3 Å². The van der Waals surface area contributed by atoms with Crippen molar-refractivity contribution in [1.29, 1.82) is 0 Å². The average Bonchev–Trinajstić information content (AvgIpc) is 3.59. The largest absolute Gasteiger partial charge is 0.460 e. The lowest BCUT2D eigenvalue weighted by Gasteiger charge is -2.07. The molecule has 2 aromatic heterocycles. The molecule has 0 saturated heterocycles. The molecule has 1 atom stereocenters. The third kappa shape index (κ3) is 6.55. The summed E-state index contributed by atoms with van der Waals surface area (Å²) in [5.74, 6) is -0.587. The van der Waals surface area contributed by atoms with E-state index in [9.17, 15) is 9.59 Å². The van der Waals surface area contributed by atoms with Crippen molar-refractivity contribution in [2.45, 2.75) is 12.0 Å². The fourth-order valence-electron chi connectivity index (χ4n) is 3.03. The fraction of sp³-hybridized carbons (Fsp3) is 0.167. The molecule has 0 amide bonds. The number of halogens is 2. The molecule has 0 bridgehead atoms. The number of H-pyrrole nitrogens is 2. The maximum Gasteiger partial charge on any atom is 0.338 e. The highest BCUT2D eigenvalue weighted by atomic mass is 35.5. The van der Waals surface area contributed by atoms with Crippen LogP contribution in [0.5, 0.6) is 0 Å². The molecule has 0 radical (unpaired) electrons. The van der Waals surface area contributed by atoms with Crippen LogP contribution in [-0.2, 0) is 16.1 Å². The summed E-state index contributed by atoms with van der Waals surface area (Å²) in [4.78, 5) is 23.6. The van der Waals surface area contributed by atoms with Crippen molar-refractivity contribution in [1.82, 2.24) is 30.8 Å². The van der Waals surface area contributed by atoms with Gasteiger partial charge >= 0.3 is 11.9 Å². The van der Waals surface area contributed by atoms with Gasteiger partial charge in [0.25, 0.3) is 0 Å². The average molecular weight is 527 g/mol. The zero-order valence-electron chi connectivity index (χ0n) is 18.7. The van der Waals surface area contributed by atoms with E-state index in [0.717, 1.165) is 11.1 Å². The van der Waals surface area contributed by atoms with Crippen LogP contribution in [0.15, 0.2) is 66.7 Å². The molecule has 0 spiro atoms. The van der Waals surface area contributed by atoms with Gasteiger partial charge in [-0.3, -0.25) is 0 Å². The summed E-state index contributed by atoms with van der Waals surface area (Å²) in [7, 11) is 0. The van der Waals surface area contributed by atoms with Gasteiger partial charge < -0.3 is 9.47 Å². The Bertz CT molecular complexity index is 1460. The summed E-state index contributed by atoms with van der Waals surface area (Å²) in [6.45, 7) is 0.345. The van der Waals surface area contributed by atoms with Crippen molar-refractivity contribution in [3.05, 3.63) is 83.4 Å². The molecule has 12 heteroatoms. The highest BCUT2D eigenvalue weighted by Crippen LogP contribution is 2.13. The zero-order valence-corrected chi connectivity index (χ0v) is 20.2. The van der Waals surface area contributed by atoms with E-state index in [1.54, 1.807) is 36.4 Å². The minimum absolute atomic E-state index is 0.0841. The molecule has 0 aliphatic rings. The number of hydrogen-bond donors (Lipinski definition) is 2. The highest BCUT2D eigenvalue weighted by molar-refractivity contribution is 6.28. The first-order chi connectivity index (χ1) is 17.5. The van der Waals surface area contributed by atoms with Gasteiger partial charge in [-0.05, 0) is 42.0 Å². The SMILES string of the molecule is O=C(OCC(Cl)CCl)c1ccc2n[nH]nc2c1.O=C(OCc1ccccc1)c1ccc2n[nH]nc2c1. The Labute approximate surface area is 214 Å². The number of benzene rings is 3. The first-order valence-corrected chi connectivity index (χ1v) is 11.7. The summed E-state index contributed by atoms with van der Waals surface area (Å²) in [6, 6.07) is 19.5. The summed E-state index contributed by atoms with van der Waals surface area (Å²) in [5.41, 5.74) is 4.51. The van der Waals surface area contributed by atoms with E-state index in [0.29, 0.717) is 27.7 Å². The fourth-order valence-corrected chi connectivity index (χ4v) is 3.19. The van der Waals surface area contributed by atoms with Crippen LogP contribution in [-0.4, -0.2) is 60.6 Å². The Morgan fingerprint density at radius 1 is 0.750 bits per heavy atom. The van der Waals surface area contributed by atoms with Crippen molar-refractivity contribution < 1.29 is 19.1 Å². The Morgan fingerprint density at radius 3 is 1.83 bits per heavy atom. The van der Waals surface area contributed by atoms with Crippen molar-refractivity contribution in [2.75, 3.05) is 12.5 Å². The lowest BCUT2D eigenvalue weighted by Crippen LogP contribution is -2.15. The molecule has 184 valence electrons. The molecular formula is C24H20Cl2N6O4. The number of aromatic amines is 2. The number of nitrogens with one attached hydrogen (secondary N) is 2. The molecule has 5 rings (SSSR count). The number of rotatable bonds is 7. The second-order valence-electron chi connectivity index (χ2n) is 7.47. The molecule has 2 N–H and O–H groups in total. The molecule has 2 heterocycles. The molecule has 0 aliphatic carbocycles. The van der Waals surface area contributed by atoms with Gasteiger partial charge in [-0.2, -0.15) is 30.8 Å². The van der Waals surface area contributed by atoms with Crippen molar-refractivity contribution >= 4 is 57.2 Å². The minimum Gasteiger partial charge on any atom is -0.460 e. The van der Waals surface area contributed by atoms with Gasteiger partial charge in [0, 0.05) is 5.88 Å². The van der Waals surface area contributed by atoms with E-state index >= 15 is 0 Å². The standard InChI is InChI=1S/C14H11N3O2.C10H9Cl2N3O2/c18-14(19-9-10-4-2-1-3-5-10)11-6-7-12-13(8-11)16-17-15-12;11-4-7(12)5-17-10(16)6-1-2-8-9(3-6)14-15-13-8/h1-8H,9H2,(H,15,16,17);1-3,7H,4-5H2,(H,13,14,15). The number of carbonyl (C=O) groups excluding carboxylic acids is 2. The number of nitrogens with zero attached hydrogens (tertiary/aromatic N) is 4. The molecule has 0 saturated carbocycles. The number of alkyl halides is 2. The summed E-state index contributed by atoms with van der Waals surface area (Å²) < 4.78 is 10.2. The van der Waals surface area contributed by atoms with E-state index in [-0.39, 0.29) is 30.4 Å². The Morgan fingerprint density at radius 2 is 1.28 bits per heavy atom. The summed E-state index contributed by atoms with van der Waals surface area (Å²) in [5, 5.41) is 20.2. The number of hydrogen-bond acceptors (Lipinski definition) is 8. The second-order valence-corrected chi connectivity index (χ2v) is 8.39. The molecular weight excluding hydrogens is 507 g/mol. The van der Waals surface area contributed by atoms with Gasteiger partial charge in [0.1, 0.15) is 35.3 Å². The van der Waals surface area contributed by atoms with E-state index in [2.05, 4.69) is 30.8 Å².